The van der Waals surface area contributed by atoms with Crippen LogP contribution < -0.4 is 5.32 Å². The molecule has 0 bridgehead atoms. The highest BCUT2D eigenvalue weighted by Crippen LogP contribution is 2.30. The minimum atomic E-state index is 0.881. The topological polar surface area (TPSA) is 12.0 Å². The van der Waals surface area contributed by atoms with E-state index in [1.165, 1.54) is 42.4 Å². The zero-order chi connectivity index (χ0) is 14.5. The molecule has 1 aliphatic rings. The lowest BCUT2D eigenvalue weighted by Crippen LogP contribution is -2.15. The molecule has 1 fully saturated rings. The Balaban J connectivity index is 1.57. The largest absolute Gasteiger partial charge is 0.309 e. The van der Waals surface area contributed by atoms with Gasteiger partial charge in [-0.2, -0.15) is 0 Å². The Bertz CT molecular complexity index is 575. The molecule has 1 saturated carbocycles. The van der Waals surface area contributed by atoms with Crippen LogP contribution in [0.3, 0.4) is 0 Å². The molecule has 1 N–H and O–H groups in total. The summed E-state index contributed by atoms with van der Waals surface area (Å²) in [5.41, 5.74) is 4.10. The molecule has 0 radical (unpaired) electrons. The van der Waals surface area contributed by atoms with Crippen molar-refractivity contribution in [3.8, 4) is 0 Å². The molecule has 21 heavy (non-hydrogen) atoms. The van der Waals surface area contributed by atoms with E-state index in [9.17, 15) is 0 Å². The van der Waals surface area contributed by atoms with Crippen molar-refractivity contribution in [2.24, 2.45) is 5.92 Å². The Morgan fingerprint density at radius 3 is 2.48 bits per heavy atom. The van der Waals surface area contributed by atoms with E-state index >= 15 is 0 Å². The number of hydrogen-bond donors (Lipinski definition) is 2. The van der Waals surface area contributed by atoms with Crippen LogP contribution >= 0.6 is 12.6 Å². The first-order valence-corrected chi connectivity index (χ1v) is 8.31. The third kappa shape index (κ3) is 4.12. The maximum absolute atomic E-state index is 4.59. The Morgan fingerprint density at radius 1 is 0.952 bits per heavy atom. The van der Waals surface area contributed by atoms with Crippen LogP contribution in [-0.2, 0) is 19.5 Å². The number of hydrogen-bond acceptors (Lipinski definition) is 2. The molecular formula is C19H23NS. The van der Waals surface area contributed by atoms with Crippen LogP contribution in [-0.4, -0.2) is 0 Å². The lowest BCUT2D eigenvalue weighted by atomic mass is 9.81. The Kier molecular flexibility index (Phi) is 5.00. The molecule has 110 valence electrons. The predicted molar refractivity (Wildman–Crippen MR) is 91.7 cm³/mol. The predicted octanol–water partition coefficient (Wildman–Crippen LogP) is 4.61. The van der Waals surface area contributed by atoms with Gasteiger partial charge in [0.15, 0.2) is 0 Å². The molecule has 0 unspecified atom stereocenters. The van der Waals surface area contributed by atoms with Crippen molar-refractivity contribution in [1.29, 1.82) is 0 Å². The maximum Gasteiger partial charge on any atom is 0.0219 e. The second kappa shape index (κ2) is 7.15. The van der Waals surface area contributed by atoms with Crippen molar-refractivity contribution in [2.75, 3.05) is 0 Å². The van der Waals surface area contributed by atoms with Crippen LogP contribution in [0, 0.1) is 5.92 Å². The second-order valence-electron chi connectivity index (χ2n) is 6.05. The lowest BCUT2D eigenvalue weighted by Gasteiger charge is -2.25. The standard InChI is InChI=1S/C19H23NS/c21-19-10-9-17(11-15-7-4-8-15)12-18(19)14-20-13-16-5-2-1-3-6-16/h1-3,5-6,9-10,12,15,20-21H,4,7-8,11,13-14H2. The highest BCUT2D eigenvalue weighted by atomic mass is 32.1. The SMILES string of the molecule is Sc1ccc(CC2CCC2)cc1CNCc1ccccc1. The van der Waals surface area contributed by atoms with E-state index in [4.69, 9.17) is 0 Å². The molecule has 2 aromatic rings. The van der Waals surface area contributed by atoms with E-state index in [2.05, 4.69) is 66.5 Å². The minimum Gasteiger partial charge on any atom is -0.309 e. The zero-order valence-electron chi connectivity index (χ0n) is 12.4. The van der Waals surface area contributed by atoms with Crippen LogP contribution in [0.4, 0.5) is 0 Å². The number of nitrogens with one attached hydrogen (secondary N) is 1. The summed E-state index contributed by atoms with van der Waals surface area (Å²) >= 11 is 4.59. The maximum atomic E-state index is 4.59. The molecule has 0 spiro atoms. The fourth-order valence-electron chi connectivity index (χ4n) is 2.88. The summed E-state index contributed by atoms with van der Waals surface area (Å²) in [6.45, 7) is 1.78. The van der Waals surface area contributed by atoms with E-state index < -0.39 is 0 Å². The van der Waals surface area contributed by atoms with Crippen molar-refractivity contribution >= 4 is 12.6 Å². The van der Waals surface area contributed by atoms with E-state index in [1.807, 2.05) is 0 Å². The summed E-state index contributed by atoms with van der Waals surface area (Å²) in [5, 5.41) is 3.52. The van der Waals surface area contributed by atoms with Crippen LogP contribution in [0.15, 0.2) is 53.4 Å². The van der Waals surface area contributed by atoms with E-state index in [0.717, 1.165) is 23.9 Å². The average molecular weight is 297 g/mol. The van der Waals surface area contributed by atoms with Crippen molar-refractivity contribution in [1.82, 2.24) is 5.32 Å². The summed E-state index contributed by atoms with van der Waals surface area (Å²) in [6, 6.07) is 17.2. The van der Waals surface area contributed by atoms with E-state index in [1.54, 1.807) is 0 Å². The molecule has 0 atom stereocenters. The van der Waals surface area contributed by atoms with Gasteiger partial charge in [0.2, 0.25) is 0 Å². The molecule has 0 heterocycles. The van der Waals surface area contributed by atoms with E-state index in [0.29, 0.717) is 0 Å². The molecule has 0 aliphatic heterocycles. The molecule has 0 aromatic heterocycles. The van der Waals surface area contributed by atoms with Gasteiger partial charge in [0, 0.05) is 18.0 Å². The quantitative estimate of drug-likeness (QED) is 0.742. The molecule has 2 aromatic carbocycles. The summed E-state index contributed by atoms with van der Waals surface area (Å²) < 4.78 is 0. The smallest absolute Gasteiger partial charge is 0.0219 e. The Labute approximate surface area is 133 Å². The fourth-order valence-corrected chi connectivity index (χ4v) is 3.09. The lowest BCUT2D eigenvalue weighted by molar-refractivity contribution is 0.314. The molecular weight excluding hydrogens is 274 g/mol. The minimum absolute atomic E-state index is 0.881. The zero-order valence-corrected chi connectivity index (χ0v) is 13.3. The monoisotopic (exact) mass is 297 g/mol. The number of thiol groups is 1. The van der Waals surface area contributed by atoms with Crippen molar-refractivity contribution < 1.29 is 0 Å². The van der Waals surface area contributed by atoms with Gasteiger partial charge in [-0.3, -0.25) is 0 Å². The third-order valence-corrected chi connectivity index (χ3v) is 4.82. The Hall–Kier alpha value is -1.25. The summed E-state index contributed by atoms with van der Waals surface area (Å²) in [7, 11) is 0. The fraction of sp³-hybridized carbons (Fsp3) is 0.368. The van der Waals surface area contributed by atoms with Gasteiger partial charge in [-0.05, 0) is 35.1 Å². The van der Waals surface area contributed by atoms with Crippen LogP contribution in [0.1, 0.15) is 36.0 Å². The van der Waals surface area contributed by atoms with Crippen molar-refractivity contribution in [2.45, 2.75) is 43.7 Å². The van der Waals surface area contributed by atoms with Gasteiger partial charge >= 0.3 is 0 Å². The van der Waals surface area contributed by atoms with Gasteiger partial charge in [0.05, 0.1) is 0 Å². The molecule has 2 heteroatoms. The summed E-state index contributed by atoms with van der Waals surface area (Å²) in [5.74, 6) is 0.917. The van der Waals surface area contributed by atoms with Crippen molar-refractivity contribution in [3.63, 3.8) is 0 Å². The average Bonchev–Trinajstić information content (AvgIpc) is 2.47. The van der Waals surface area contributed by atoms with Crippen molar-refractivity contribution in [3.05, 3.63) is 65.2 Å². The Morgan fingerprint density at radius 2 is 1.76 bits per heavy atom. The molecule has 0 amide bonds. The van der Waals surface area contributed by atoms with E-state index in [-0.39, 0.29) is 0 Å². The summed E-state index contributed by atoms with van der Waals surface area (Å²) in [6.07, 6.45) is 5.47. The second-order valence-corrected chi connectivity index (χ2v) is 6.54. The molecule has 0 saturated heterocycles. The van der Waals surface area contributed by atoms with Gasteiger partial charge < -0.3 is 5.32 Å². The third-order valence-electron chi connectivity index (χ3n) is 4.38. The first-order chi connectivity index (χ1) is 10.3. The molecule has 1 aliphatic carbocycles. The van der Waals surface area contributed by atoms with Gasteiger partial charge in [-0.1, -0.05) is 61.7 Å². The van der Waals surface area contributed by atoms with Crippen LogP contribution in [0.2, 0.25) is 0 Å². The van der Waals surface area contributed by atoms with Gasteiger partial charge in [0.25, 0.3) is 0 Å². The van der Waals surface area contributed by atoms with Crippen LogP contribution in [0.25, 0.3) is 0 Å². The normalized spacial score (nSPS) is 14.9. The first kappa shape index (κ1) is 14.7. The molecule has 3 rings (SSSR count). The molecule has 1 nitrogen and oxygen atoms in total. The van der Waals surface area contributed by atoms with Gasteiger partial charge in [0.1, 0.15) is 0 Å². The first-order valence-electron chi connectivity index (χ1n) is 7.86. The van der Waals surface area contributed by atoms with Crippen LogP contribution in [0.5, 0.6) is 0 Å². The highest BCUT2D eigenvalue weighted by Gasteiger charge is 2.17. The number of benzene rings is 2. The van der Waals surface area contributed by atoms with Gasteiger partial charge in [-0.25, -0.2) is 0 Å². The van der Waals surface area contributed by atoms with Gasteiger partial charge in [-0.15, -0.1) is 12.6 Å². The highest BCUT2D eigenvalue weighted by molar-refractivity contribution is 7.80. The summed E-state index contributed by atoms with van der Waals surface area (Å²) in [4.78, 5) is 1.09. The number of rotatable bonds is 6.